The maximum absolute atomic E-state index is 13.3. The Morgan fingerprint density at radius 1 is 1.17 bits per heavy atom. The van der Waals surface area contributed by atoms with Gasteiger partial charge in [0.05, 0.1) is 24.7 Å². The maximum atomic E-state index is 13.3. The monoisotopic (exact) mass is 502 g/mol. The molecule has 3 rings (SSSR count). The number of ether oxygens (including phenoxy) is 2. The van der Waals surface area contributed by atoms with Crippen molar-refractivity contribution in [1.29, 1.82) is 0 Å². The molecule has 1 aliphatic carbocycles. The highest BCUT2D eigenvalue weighted by molar-refractivity contribution is 5.96. The number of nitrogens with one attached hydrogen (secondary N) is 1. The summed E-state index contributed by atoms with van der Waals surface area (Å²) in [4.78, 5) is 39.4. The molecule has 2 amide bonds. The lowest BCUT2D eigenvalue weighted by molar-refractivity contribution is -0.137. The second-order valence-corrected chi connectivity index (χ2v) is 9.60. The summed E-state index contributed by atoms with van der Waals surface area (Å²) in [6, 6.07) is 6.56. The number of nitrogens with zero attached hydrogens (tertiary/aromatic N) is 1. The van der Waals surface area contributed by atoms with Gasteiger partial charge in [-0.1, -0.05) is 18.2 Å². The molecule has 0 saturated carbocycles. The van der Waals surface area contributed by atoms with Crippen molar-refractivity contribution in [2.24, 2.45) is 0 Å². The van der Waals surface area contributed by atoms with E-state index in [1.165, 1.54) is 6.92 Å². The number of benzene rings is 1. The van der Waals surface area contributed by atoms with Crippen LogP contribution in [-0.4, -0.2) is 83.4 Å². The molecule has 0 fully saturated rings. The van der Waals surface area contributed by atoms with E-state index in [1.807, 2.05) is 32.0 Å². The Morgan fingerprint density at radius 2 is 1.92 bits per heavy atom. The fourth-order valence-corrected chi connectivity index (χ4v) is 4.82. The van der Waals surface area contributed by atoms with E-state index in [1.54, 1.807) is 17.0 Å². The van der Waals surface area contributed by atoms with Gasteiger partial charge in [0.15, 0.2) is 0 Å². The number of aliphatic hydroxyl groups excluding tert-OH is 2. The number of hydrogen-bond acceptors (Lipinski definition) is 7. The normalized spacial score (nSPS) is 22.3. The van der Waals surface area contributed by atoms with Crippen molar-refractivity contribution >= 4 is 17.6 Å². The van der Waals surface area contributed by atoms with Crippen molar-refractivity contribution in [3.8, 4) is 5.75 Å². The van der Waals surface area contributed by atoms with Gasteiger partial charge in [-0.05, 0) is 45.8 Å². The third-order valence-corrected chi connectivity index (χ3v) is 6.47. The van der Waals surface area contributed by atoms with Crippen molar-refractivity contribution < 1.29 is 34.1 Å². The van der Waals surface area contributed by atoms with Crippen molar-refractivity contribution in [2.45, 2.75) is 76.7 Å². The summed E-state index contributed by atoms with van der Waals surface area (Å²) in [5, 5.41) is 23.4. The van der Waals surface area contributed by atoms with Crippen LogP contribution < -0.4 is 10.1 Å². The molecule has 1 aromatic rings. The first-order valence-corrected chi connectivity index (χ1v) is 12.7. The minimum absolute atomic E-state index is 0.0140. The molecule has 1 aromatic carbocycles. The Balaban J connectivity index is 1.92. The number of carbonyl (C=O) groups excluding carboxylic acids is 3. The summed E-state index contributed by atoms with van der Waals surface area (Å²) in [7, 11) is 0. The van der Waals surface area contributed by atoms with Crippen LogP contribution in [0.3, 0.4) is 0 Å². The lowest BCUT2D eigenvalue weighted by atomic mass is 9.77. The predicted molar refractivity (Wildman–Crippen MR) is 134 cm³/mol. The van der Waals surface area contributed by atoms with Gasteiger partial charge >= 0.3 is 0 Å². The highest BCUT2D eigenvalue weighted by Gasteiger charge is 2.50. The van der Waals surface area contributed by atoms with E-state index in [4.69, 9.17) is 9.47 Å². The number of para-hydroxylation sites is 1. The standard InChI is InChI=1S/C27H38N2O7/c1-17(2)35-15-7-13-29(23(32)11-6-8-18(3)31)21-16-20(27(34)28-12-14-30)24-19-9-4-5-10-22(19)36-26(24)25(21)33/h4-5,9-10,16-17,21,24-26,30,33H,6-8,11-15H2,1-3H3,(H,28,34)/t21-,24+,25+,26+/m1/s1. The summed E-state index contributed by atoms with van der Waals surface area (Å²) in [6.45, 7) is 6.01. The molecule has 0 unspecified atom stereocenters. The zero-order chi connectivity index (χ0) is 26.2. The van der Waals surface area contributed by atoms with Crippen LogP contribution in [0.1, 0.15) is 57.9 Å². The molecule has 4 atom stereocenters. The summed E-state index contributed by atoms with van der Waals surface area (Å²) in [5.74, 6) is -0.462. The minimum atomic E-state index is -1.07. The molecule has 0 spiro atoms. The quantitative estimate of drug-likeness (QED) is 0.351. The molecule has 0 bridgehead atoms. The molecule has 9 heteroatoms. The Morgan fingerprint density at radius 3 is 2.61 bits per heavy atom. The van der Waals surface area contributed by atoms with Gasteiger partial charge in [0.1, 0.15) is 23.7 Å². The van der Waals surface area contributed by atoms with Crippen LogP contribution in [0.2, 0.25) is 0 Å². The van der Waals surface area contributed by atoms with Gasteiger partial charge in [-0.3, -0.25) is 9.59 Å². The van der Waals surface area contributed by atoms with E-state index in [0.29, 0.717) is 43.7 Å². The zero-order valence-electron chi connectivity index (χ0n) is 21.3. The predicted octanol–water partition coefficient (Wildman–Crippen LogP) is 1.71. The van der Waals surface area contributed by atoms with Crippen molar-refractivity contribution in [2.75, 3.05) is 26.3 Å². The molecular weight excluding hydrogens is 464 g/mol. The number of aliphatic hydroxyl groups is 2. The van der Waals surface area contributed by atoms with Crippen molar-refractivity contribution in [3.05, 3.63) is 41.5 Å². The molecular formula is C27H38N2O7. The summed E-state index contributed by atoms with van der Waals surface area (Å²) >= 11 is 0. The molecule has 0 saturated heterocycles. The Bertz CT molecular complexity index is 961. The number of hydrogen-bond donors (Lipinski definition) is 3. The Hall–Kier alpha value is -2.75. The van der Waals surface area contributed by atoms with Gasteiger partial charge in [0.25, 0.3) is 0 Å². The van der Waals surface area contributed by atoms with E-state index in [0.717, 1.165) is 5.56 Å². The molecule has 198 valence electrons. The van der Waals surface area contributed by atoms with Gasteiger partial charge < -0.3 is 34.7 Å². The first kappa shape index (κ1) is 27.8. The number of carbonyl (C=O) groups is 3. The number of rotatable bonds is 13. The van der Waals surface area contributed by atoms with Crippen LogP contribution in [0.25, 0.3) is 0 Å². The molecule has 0 aromatic heterocycles. The molecule has 1 heterocycles. The first-order chi connectivity index (χ1) is 17.2. The number of Topliss-reactive ketones (excluding diaryl/α,β-unsaturated/α-hetero) is 1. The van der Waals surface area contributed by atoms with Crippen LogP contribution in [0.5, 0.6) is 5.75 Å². The first-order valence-electron chi connectivity index (χ1n) is 12.7. The molecule has 9 nitrogen and oxygen atoms in total. The van der Waals surface area contributed by atoms with Crippen LogP contribution in [0, 0.1) is 0 Å². The van der Waals surface area contributed by atoms with Crippen LogP contribution >= 0.6 is 0 Å². The third kappa shape index (κ3) is 6.72. The van der Waals surface area contributed by atoms with Gasteiger partial charge in [-0.15, -0.1) is 0 Å². The van der Waals surface area contributed by atoms with Crippen molar-refractivity contribution in [3.63, 3.8) is 0 Å². The Kier molecular flexibility index (Phi) is 10.0. The minimum Gasteiger partial charge on any atom is -0.486 e. The molecule has 36 heavy (non-hydrogen) atoms. The maximum Gasteiger partial charge on any atom is 0.247 e. The topological polar surface area (TPSA) is 125 Å². The summed E-state index contributed by atoms with van der Waals surface area (Å²) in [5.41, 5.74) is 1.20. The van der Waals surface area contributed by atoms with Gasteiger partial charge in [0.2, 0.25) is 11.8 Å². The average Bonchev–Trinajstić information content (AvgIpc) is 3.23. The molecule has 0 radical (unpaired) electrons. The second-order valence-electron chi connectivity index (χ2n) is 9.60. The fraction of sp³-hybridized carbons (Fsp3) is 0.593. The highest BCUT2D eigenvalue weighted by Crippen LogP contribution is 2.47. The number of amides is 2. The van der Waals surface area contributed by atoms with E-state index in [-0.39, 0.29) is 43.3 Å². The smallest absolute Gasteiger partial charge is 0.247 e. The SMILES string of the molecule is CC(=O)CCCC(=O)N(CCCOC(C)C)[C@@H]1C=C(C(=O)NCCO)[C@@H]2c3ccccc3O[C@@H]2[C@H]1O. The molecule has 3 N–H and O–H groups in total. The average molecular weight is 503 g/mol. The lowest BCUT2D eigenvalue weighted by Crippen LogP contribution is -2.56. The number of fused-ring (bicyclic) bond motifs is 3. The Labute approximate surface area is 212 Å². The summed E-state index contributed by atoms with van der Waals surface area (Å²) < 4.78 is 11.8. The van der Waals surface area contributed by atoms with Crippen LogP contribution in [-0.2, 0) is 19.1 Å². The van der Waals surface area contributed by atoms with Crippen molar-refractivity contribution in [1.82, 2.24) is 10.2 Å². The van der Waals surface area contributed by atoms with E-state index in [2.05, 4.69) is 5.32 Å². The number of ketones is 1. The van der Waals surface area contributed by atoms with Gasteiger partial charge in [0, 0.05) is 43.7 Å². The third-order valence-electron chi connectivity index (χ3n) is 6.47. The zero-order valence-corrected chi connectivity index (χ0v) is 21.3. The van der Waals surface area contributed by atoms with Gasteiger partial charge in [-0.25, -0.2) is 0 Å². The van der Waals surface area contributed by atoms with Gasteiger partial charge in [-0.2, -0.15) is 0 Å². The highest BCUT2D eigenvalue weighted by atomic mass is 16.5. The van der Waals surface area contributed by atoms with E-state index in [9.17, 15) is 24.6 Å². The van der Waals surface area contributed by atoms with Crippen LogP contribution in [0.4, 0.5) is 0 Å². The molecule has 1 aliphatic heterocycles. The second kappa shape index (κ2) is 13.0. The fourth-order valence-electron chi connectivity index (χ4n) is 4.82. The summed E-state index contributed by atoms with van der Waals surface area (Å²) in [6.07, 6.45) is 1.33. The lowest BCUT2D eigenvalue weighted by Gasteiger charge is -2.41. The van der Waals surface area contributed by atoms with Crippen LogP contribution in [0.15, 0.2) is 35.9 Å². The molecule has 2 aliphatic rings. The largest absolute Gasteiger partial charge is 0.486 e. The van der Waals surface area contributed by atoms with E-state index < -0.39 is 24.2 Å². The van der Waals surface area contributed by atoms with E-state index >= 15 is 0 Å².